The van der Waals surface area contributed by atoms with Gasteiger partial charge in [0.25, 0.3) is 5.56 Å². The third kappa shape index (κ3) is 5.05. The van der Waals surface area contributed by atoms with Crippen molar-refractivity contribution in [3.63, 3.8) is 0 Å². The molecule has 9 nitrogen and oxygen atoms in total. The molecule has 2 atom stereocenters. The van der Waals surface area contributed by atoms with E-state index in [0.717, 1.165) is 67.4 Å². The lowest BCUT2D eigenvalue weighted by Gasteiger charge is -2.33. The van der Waals surface area contributed by atoms with Crippen LogP contribution < -0.4 is 5.56 Å². The first-order chi connectivity index (χ1) is 18.6. The summed E-state index contributed by atoms with van der Waals surface area (Å²) in [5.74, 6) is 1.53. The van der Waals surface area contributed by atoms with Crippen LogP contribution in [0, 0.1) is 13.8 Å². The zero-order valence-corrected chi connectivity index (χ0v) is 22.2. The van der Waals surface area contributed by atoms with Crippen molar-refractivity contribution in [2.45, 2.75) is 83.5 Å². The van der Waals surface area contributed by atoms with Crippen molar-refractivity contribution >= 4 is 10.9 Å². The summed E-state index contributed by atoms with van der Waals surface area (Å²) in [6, 6.07) is 9.85. The Morgan fingerprint density at radius 2 is 1.95 bits per heavy atom. The number of fused-ring (bicyclic) bond motifs is 1. The van der Waals surface area contributed by atoms with Crippen LogP contribution in [0.25, 0.3) is 10.9 Å². The van der Waals surface area contributed by atoms with E-state index in [4.69, 9.17) is 9.15 Å². The first-order valence-corrected chi connectivity index (χ1v) is 13.9. The van der Waals surface area contributed by atoms with Gasteiger partial charge in [-0.25, -0.2) is 4.68 Å². The molecule has 1 aromatic carbocycles. The predicted molar refractivity (Wildman–Crippen MR) is 144 cm³/mol. The summed E-state index contributed by atoms with van der Waals surface area (Å²) in [5.41, 5.74) is 3.68. The van der Waals surface area contributed by atoms with Crippen molar-refractivity contribution in [3.8, 4) is 0 Å². The Hall–Kier alpha value is -3.30. The minimum Gasteiger partial charge on any atom is -0.468 e. The smallest absolute Gasteiger partial charge is 0.253 e. The topological polar surface area (TPSA) is 102 Å². The average Bonchev–Trinajstić information content (AvgIpc) is 3.70. The summed E-state index contributed by atoms with van der Waals surface area (Å²) < 4.78 is 13.8. The van der Waals surface area contributed by atoms with E-state index in [1.54, 1.807) is 6.26 Å². The van der Waals surface area contributed by atoms with E-state index in [0.29, 0.717) is 24.5 Å². The highest BCUT2D eigenvalue weighted by Crippen LogP contribution is 2.34. The molecule has 4 heterocycles. The molecule has 4 aromatic rings. The number of nitrogens with zero attached hydrogens (tertiary/aromatic N) is 5. The number of aromatic nitrogens is 5. The third-order valence-corrected chi connectivity index (χ3v) is 8.23. The number of pyridine rings is 1. The fraction of sp³-hybridized carbons (Fsp3) is 0.517. The molecule has 3 aromatic heterocycles. The molecule has 38 heavy (non-hydrogen) atoms. The second-order valence-electron chi connectivity index (χ2n) is 10.9. The van der Waals surface area contributed by atoms with E-state index in [1.807, 2.05) is 28.9 Å². The second kappa shape index (κ2) is 10.8. The number of aromatic amines is 1. The molecule has 0 spiro atoms. The van der Waals surface area contributed by atoms with Crippen molar-refractivity contribution < 1.29 is 9.15 Å². The lowest BCUT2D eigenvalue weighted by Crippen LogP contribution is -2.39. The highest BCUT2D eigenvalue weighted by atomic mass is 16.5. The number of benzene rings is 1. The minimum atomic E-state index is -0.462. The van der Waals surface area contributed by atoms with Crippen LogP contribution in [0.3, 0.4) is 0 Å². The number of ether oxygens (including phenoxy) is 1. The number of nitrogens with one attached hydrogen (secondary N) is 1. The minimum absolute atomic E-state index is 0.0795. The molecular formula is C29H36N6O3. The SMILES string of the molecule is Cc1cc2cc(C(c3nnnn3C3CCCCC3)N(Cc3ccco3)CC3CCCO3)c(=O)[nH]c2cc1C. The molecule has 0 bridgehead atoms. The lowest BCUT2D eigenvalue weighted by atomic mass is 9.95. The summed E-state index contributed by atoms with van der Waals surface area (Å²) in [6.45, 7) is 6.09. The Morgan fingerprint density at radius 1 is 1.11 bits per heavy atom. The van der Waals surface area contributed by atoms with E-state index in [9.17, 15) is 4.79 Å². The zero-order chi connectivity index (χ0) is 26.1. The Morgan fingerprint density at radius 3 is 2.71 bits per heavy atom. The van der Waals surface area contributed by atoms with Crippen molar-refractivity contribution in [2.75, 3.05) is 13.2 Å². The molecule has 0 amide bonds. The maximum absolute atomic E-state index is 13.8. The third-order valence-electron chi connectivity index (χ3n) is 8.23. The van der Waals surface area contributed by atoms with Crippen LogP contribution in [0.1, 0.15) is 85.3 Å². The number of rotatable bonds is 8. The Labute approximate surface area is 222 Å². The van der Waals surface area contributed by atoms with Crippen molar-refractivity contribution in [1.82, 2.24) is 30.1 Å². The zero-order valence-electron chi connectivity index (χ0n) is 22.2. The molecule has 1 saturated carbocycles. The highest BCUT2D eigenvalue weighted by Gasteiger charge is 2.35. The van der Waals surface area contributed by atoms with Crippen LogP contribution in [-0.4, -0.2) is 49.3 Å². The molecule has 1 N–H and O–H groups in total. The highest BCUT2D eigenvalue weighted by molar-refractivity contribution is 5.81. The molecule has 2 unspecified atom stereocenters. The van der Waals surface area contributed by atoms with Gasteiger partial charge in [0.1, 0.15) is 11.8 Å². The standard InChI is InChI=1S/C29H36N6O3/c1-19-14-21-16-25(29(36)30-26(21)15-20(19)2)27(28-31-32-33-35(28)22-8-4-3-5-9-22)34(17-23-10-6-12-37-23)18-24-11-7-13-38-24/h6,10,12,14-16,22,24,27H,3-5,7-9,11,13,17-18H2,1-2H3,(H,30,36). The first kappa shape index (κ1) is 25.0. The lowest BCUT2D eigenvalue weighted by molar-refractivity contribution is 0.0539. The number of H-pyrrole nitrogens is 1. The van der Waals surface area contributed by atoms with Gasteiger partial charge in [-0.2, -0.15) is 0 Å². The summed E-state index contributed by atoms with van der Waals surface area (Å²) in [7, 11) is 0. The molecule has 2 aliphatic rings. The average molecular weight is 517 g/mol. The van der Waals surface area contributed by atoms with Crippen molar-refractivity contribution in [3.05, 3.63) is 75.2 Å². The van der Waals surface area contributed by atoms with E-state index < -0.39 is 6.04 Å². The van der Waals surface area contributed by atoms with Gasteiger partial charge in [0, 0.05) is 24.2 Å². The molecule has 0 radical (unpaired) electrons. The maximum atomic E-state index is 13.8. The number of aryl methyl sites for hydroxylation is 2. The summed E-state index contributed by atoms with van der Waals surface area (Å²) in [5, 5.41) is 14.2. The molecule has 9 heteroatoms. The van der Waals surface area contributed by atoms with Gasteiger partial charge in [-0.15, -0.1) is 5.10 Å². The number of hydrogen-bond donors (Lipinski definition) is 1. The van der Waals surface area contributed by atoms with Gasteiger partial charge in [-0.3, -0.25) is 9.69 Å². The van der Waals surface area contributed by atoms with Gasteiger partial charge < -0.3 is 14.1 Å². The van der Waals surface area contributed by atoms with Crippen LogP contribution in [0.15, 0.2) is 45.8 Å². The van der Waals surface area contributed by atoms with E-state index in [2.05, 4.69) is 45.3 Å². The van der Waals surface area contributed by atoms with E-state index in [-0.39, 0.29) is 17.7 Å². The van der Waals surface area contributed by atoms with Crippen molar-refractivity contribution in [1.29, 1.82) is 0 Å². The van der Waals surface area contributed by atoms with Crippen LogP contribution >= 0.6 is 0 Å². The van der Waals surface area contributed by atoms with Crippen LogP contribution in [0.2, 0.25) is 0 Å². The number of tetrazole rings is 1. The van der Waals surface area contributed by atoms with Crippen molar-refractivity contribution in [2.24, 2.45) is 0 Å². The number of furan rings is 1. The van der Waals surface area contributed by atoms with Gasteiger partial charge in [0.2, 0.25) is 0 Å². The molecule has 1 aliphatic heterocycles. The number of hydrogen-bond acceptors (Lipinski definition) is 7. The molecule has 6 rings (SSSR count). The van der Waals surface area contributed by atoms with Crippen LogP contribution in [0.5, 0.6) is 0 Å². The Bertz CT molecular complexity index is 1430. The molecule has 1 saturated heterocycles. The van der Waals surface area contributed by atoms with Gasteiger partial charge in [-0.05, 0) is 96.8 Å². The monoisotopic (exact) mass is 516 g/mol. The normalized spacial score (nSPS) is 19.5. The van der Waals surface area contributed by atoms with E-state index in [1.165, 1.54) is 12.0 Å². The Balaban J connectivity index is 1.51. The predicted octanol–water partition coefficient (Wildman–Crippen LogP) is 5.00. The molecular weight excluding hydrogens is 480 g/mol. The fourth-order valence-corrected chi connectivity index (χ4v) is 6.08. The Kier molecular flexibility index (Phi) is 7.12. The first-order valence-electron chi connectivity index (χ1n) is 13.9. The molecule has 200 valence electrons. The molecule has 2 fully saturated rings. The second-order valence-corrected chi connectivity index (χ2v) is 10.9. The maximum Gasteiger partial charge on any atom is 0.253 e. The summed E-state index contributed by atoms with van der Waals surface area (Å²) in [6.07, 6.45) is 9.45. The van der Waals surface area contributed by atoms with Crippen LogP contribution in [0.4, 0.5) is 0 Å². The van der Waals surface area contributed by atoms with Gasteiger partial charge in [0.05, 0.1) is 25.0 Å². The van der Waals surface area contributed by atoms with Crippen LogP contribution in [-0.2, 0) is 11.3 Å². The van der Waals surface area contributed by atoms with E-state index >= 15 is 0 Å². The fourth-order valence-electron chi connectivity index (χ4n) is 6.08. The van der Waals surface area contributed by atoms with Gasteiger partial charge >= 0.3 is 0 Å². The van der Waals surface area contributed by atoms with Gasteiger partial charge in [-0.1, -0.05) is 19.3 Å². The molecule has 1 aliphatic carbocycles. The summed E-state index contributed by atoms with van der Waals surface area (Å²) in [4.78, 5) is 19.2. The summed E-state index contributed by atoms with van der Waals surface area (Å²) >= 11 is 0. The quantitative estimate of drug-likeness (QED) is 0.352. The largest absolute Gasteiger partial charge is 0.468 e. The van der Waals surface area contributed by atoms with Gasteiger partial charge in [0.15, 0.2) is 5.82 Å².